The Balaban J connectivity index is 1.97. The number of hydrogen-bond acceptors (Lipinski definition) is 2. The molecule has 2 saturated heterocycles. The van der Waals surface area contributed by atoms with Crippen LogP contribution < -0.4 is 0 Å². The second kappa shape index (κ2) is 4.60. The van der Waals surface area contributed by atoms with Crippen LogP contribution in [0.25, 0.3) is 0 Å². The molecule has 2 heterocycles. The first kappa shape index (κ1) is 11.7. The van der Waals surface area contributed by atoms with Gasteiger partial charge in [0.05, 0.1) is 12.2 Å². The van der Waals surface area contributed by atoms with E-state index in [-0.39, 0.29) is 11.0 Å². The molecule has 1 spiro atoms. The largest absolute Gasteiger partial charge is 0.378 e. The maximum atomic E-state index is 6.18. The molecule has 0 aromatic carbocycles. The smallest absolute Gasteiger partial charge is 0.0939 e. The Morgan fingerprint density at radius 1 is 1.33 bits per heavy atom. The third-order valence-electron chi connectivity index (χ3n) is 4.07. The Bertz CT molecular complexity index is 212. The fourth-order valence-corrected chi connectivity index (χ4v) is 2.96. The van der Waals surface area contributed by atoms with Crippen LogP contribution >= 0.6 is 11.6 Å². The maximum Gasteiger partial charge on any atom is 0.0939 e. The summed E-state index contributed by atoms with van der Waals surface area (Å²) in [5.41, 5.74) is 0.0307. The van der Waals surface area contributed by atoms with Crippen molar-refractivity contribution < 1.29 is 9.47 Å². The van der Waals surface area contributed by atoms with Gasteiger partial charge in [0.1, 0.15) is 0 Å². The molecule has 0 aromatic rings. The van der Waals surface area contributed by atoms with Crippen LogP contribution in [0, 0.1) is 11.8 Å². The van der Waals surface area contributed by atoms with E-state index in [1.165, 1.54) is 0 Å². The molecule has 2 fully saturated rings. The molecule has 88 valence electrons. The quantitative estimate of drug-likeness (QED) is 0.682. The first-order valence-corrected chi connectivity index (χ1v) is 6.42. The fourth-order valence-electron chi connectivity index (χ4n) is 2.75. The molecular weight excluding hydrogens is 212 g/mol. The van der Waals surface area contributed by atoms with Crippen molar-refractivity contribution in [3.05, 3.63) is 0 Å². The van der Waals surface area contributed by atoms with Crippen LogP contribution in [-0.4, -0.2) is 30.8 Å². The van der Waals surface area contributed by atoms with Crippen LogP contribution in [0.3, 0.4) is 0 Å². The Morgan fingerprint density at radius 3 is 2.73 bits per heavy atom. The summed E-state index contributed by atoms with van der Waals surface area (Å²) in [4.78, 5) is 0. The van der Waals surface area contributed by atoms with E-state index < -0.39 is 0 Å². The molecule has 2 aliphatic rings. The second-order valence-electron chi connectivity index (χ2n) is 5.12. The van der Waals surface area contributed by atoms with Crippen LogP contribution in [0.4, 0.5) is 0 Å². The van der Waals surface area contributed by atoms with Crippen LogP contribution in [-0.2, 0) is 9.47 Å². The highest BCUT2D eigenvalue weighted by Crippen LogP contribution is 2.40. The Kier molecular flexibility index (Phi) is 3.59. The minimum Gasteiger partial charge on any atom is -0.378 e. The summed E-state index contributed by atoms with van der Waals surface area (Å²) in [6, 6.07) is 0. The van der Waals surface area contributed by atoms with E-state index in [0.717, 1.165) is 39.1 Å². The summed E-state index contributed by atoms with van der Waals surface area (Å²) in [6.07, 6.45) is 3.35. The highest BCUT2D eigenvalue weighted by atomic mass is 35.5. The van der Waals surface area contributed by atoms with E-state index in [9.17, 15) is 0 Å². The molecule has 2 aliphatic heterocycles. The van der Waals surface area contributed by atoms with Crippen LogP contribution in [0.1, 0.15) is 33.1 Å². The molecule has 2 nitrogen and oxygen atoms in total. The molecular formula is C12H21ClO2. The minimum atomic E-state index is 0.0307. The molecule has 0 N–H and O–H groups in total. The zero-order valence-corrected chi connectivity index (χ0v) is 10.4. The molecule has 4 atom stereocenters. The van der Waals surface area contributed by atoms with E-state index in [4.69, 9.17) is 21.1 Å². The highest BCUT2D eigenvalue weighted by Gasteiger charge is 2.42. The third kappa shape index (κ3) is 2.48. The molecule has 0 radical (unpaired) electrons. The van der Waals surface area contributed by atoms with Gasteiger partial charge in [-0.15, -0.1) is 11.6 Å². The molecule has 0 amide bonds. The van der Waals surface area contributed by atoms with E-state index in [1.807, 2.05) is 0 Å². The van der Waals surface area contributed by atoms with Gasteiger partial charge < -0.3 is 9.47 Å². The van der Waals surface area contributed by atoms with Gasteiger partial charge in [-0.3, -0.25) is 0 Å². The number of ether oxygens (including phenoxy) is 2. The summed E-state index contributed by atoms with van der Waals surface area (Å²) in [6.45, 7) is 6.88. The summed E-state index contributed by atoms with van der Waals surface area (Å²) >= 11 is 6.18. The lowest BCUT2D eigenvalue weighted by Crippen LogP contribution is -2.42. The van der Waals surface area contributed by atoms with Crippen LogP contribution in [0.15, 0.2) is 0 Å². The molecule has 15 heavy (non-hydrogen) atoms. The van der Waals surface area contributed by atoms with E-state index in [2.05, 4.69) is 13.8 Å². The summed E-state index contributed by atoms with van der Waals surface area (Å²) in [7, 11) is 0. The van der Waals surface area contributed by atoms with Crippen molar-refractivity contribution in [3.63, 3.8) is 0 Å². The normalized spacial score (nSPS) is 40.6. The van der Waals surface area contributed by atoms with Crippen molar-refractivity contribution in [3.8, 4) is 0 Å². The topological polar surface area (TPSA) is 18.5 Å². The van der Waals surface area contributed by atoms with Crippen LogP contribution in [0.5, 0.6) is 0 Å². The van der Waals surface area contributed by atoms with Gasteiger partial charge in [0, 0.05) is 25.0 Å². The molecule has 2 rings (SSSR count). The van der Waals surface area contributed by atoms with Crippen molar-refractivity contribution in [2.75, 3.05) is 19.8 Å². The molecule has 0 bridgehead atoms. The molecule has 4 unspecified atom stereocenters. The van der Waals surface area contributed by atoms with Gasteiger partial charge in [-0.2, -0.15) is 0 Å². The van der Waals surface area contributed by atoms with Gasteiger partial charge in [0.2, 0.25) is 0 Å². The summed E-state index contributed by atoms with van der Waals surface area (Å²) in [5.74, 6) is 1.28. The standard InChI is InChI=1S/C12H21ClO2/c1-9(10(2)13)11-3-5-15-12(7-11)4-6-14-8-12/h9-11H,3-8H2,1-2H3. The Morgan fingerprint density at radius 2 is 2.13 bits per heavy atom. The van der Waals surface area contributed by atoms with E-state index in [0.29, 0.717) is 11.8 Å². The third-order valence-corrected chi connectivity index (χ3v) is 4.46. The molecule has 3 heteroatoms. The average molecular weight is 233 g/mol. The van der Waals surface area contributed by atoms with E-state index in [1.54, 1.807) is 0 Å². The van der Waals surface area contributed by atoms with Crippen molar-refractivity contribution in [2.45, 2.75) is 44.1 Å². The van der Waals surface area contributed by atoms with Crippen molar-refractivity contribution in [1.29, 1.82) is 0 Å². The Hall–Kier alpha value is 0.210. The van der Waals surface area contributed by atoms with E-state index >= 15 is 0 Å². The minimum absolute atomic E-state index is 0.0307. The SMILES string of the molecule is CC(Cl)C(C)C1CCOC2(CCOC2)C1. The summed E-state index contributed by atoms with van der Waals surface area (Å²) in [5, 5.41) is 0.257. The average Bonchev–Trinajstić information content (AvgIpc) is 2.65. The molecule has 0 aromatic heterocycles. The number of halogens is 1. The van der Waals surface area contributed by atoms with Gasteiger partial charge in [0.15, 0.2) is 0 Å². The predicted octanol–water partition coefficient (Wildman–Crippen LogP) is 2.84. The second-order valence-corrected chi connectivity index (χ2v) is 5.81. The zero-order valence-electron chi connectivity index (χ0n) is 9.67. The monoisotopic (exact) mass is 232 g/mol. The lowest BCUT2D eigenvalue weighted by atomic mass is 9.77. The first-order chi connectivity index (χ1) is 7.13. The maximum absolute atomic E-state index is 6.18. The Labute approximate surface area is 97.3 Å². The first-order valence-electron chi connectivity index (χ1n) is 5.99. The lowest BCUT2D eigenvalue weighted by Gasteiger charge is -2.40. The predicted molar refractivity (Wildman–Crippen MR) is 61.3 cm³/mol. The van der Waals surface area contributed by atoms with Gasteiger partial charge in [-0.1, -0.05) is 6.92 Å². The molecule has 0 saturated carbocycles. The van der Waals surface area contributed by atoms with Crippen molar-refractivity contribution in [2.24, 2.45) is 11.8 Å². The van der Waals surface area contributed by atoms with Crippen molar-refractivity contribution >= 4 is 11.6 Å². The lowest BCUT2D eigenvalue weighted by molar-refractivity contribution is -0.105. The van der Waals surface area contributed by atoms with Gasteiger partial charge in [0.25, 0.3) is 0 Å². The molecule has 0 aliphatic carbocycles. The van der Waals surface area contributed by atoms with Gasteiger partial charge in [-0.05, 0) is 31.6 Å². The summed E-state index contributed by atoms with van der Waals surface area (Å²) < 4.78 is 11.4. The number of hydrogen-bond donors (Lipinski definition) is 0. The zero-order chi connectivity index (χ0) is 10.9. The van der Waals surface area contributed by atoms with Gasteiger partial charge in [-0.25, -0.2) is 0 Å². The highest BCUT2D eigenvalue weighted by molar-refractivity contribution is 6.20. The number of rotatable bonds is 2. The fraction of sp³-hybridized carbons (Fsp3) is 1.00. The van der Waals surface area contributed by atoms with Crippen molar-refractivity contribution in [1.82, 2.24) is 0 Å². The van der Waals surface area contributed by atoms with Gasteiger partial charge >= 0.3 is 0 Å². The number of alkyl halides is 1. The van der Waals surface area contributed by atoms with Crippen LogP contribution in [0.2, 0.25) is 0 Å².